The van der Waals surface area contributed by atoms with Crippen LogP contribution in [0.2, 0.25) is 5.02 Å². The number of aromatic amines is 1. The summed E-state index contributed by atoms with van der Waals surface area (Å²) < 4.78 is 40.3. The standard InChI is InChI=1S/C12H14ClFN4O2S/c1-7-12(11(6-15-2)17-16-7)21(19,20)18-8-3-4-10(14)9(13)5-8/h3-5,15,18H,6H2,1-2H3,(H,16,17). The van der Waals surface area contributed by atoms with Gasteiger partial charge in [0.15, 0.2) is 0 Å². The maximum absolute atomic E-state index is 13.1. The molecule has 0 aliphatic carbocycles. The Bertz CT molecular complexity index is 761. The number of sulfonamides is 1. The first-order valence-corrected chi connectivity index (χ1v) is 7.87. The number of H-pyrrole nitrogens is 1. The molecule has 0 aliphatic heterocycles. The molecule has 0 spiro atoms. The molecule has 114 valence electrons. The van der Waals surface area contributed by atoms with Gasteiger partial charge in [-0.25, -0.2) is 12.8 Å². The highest BCUT2D eigenvalue weighted by Crippen LogP contribution is 2.24. The number of anilines is 1. The summed E-state index contributed by atoms with van der Waals surface area (Å²) in [6, 6.07) is 3.60. The van der Waals surface area contributed by atoms with Crippen LogP contribution in [0.4, 0.5) is 10.1 Å². The van der Waals surface area contributed by atoms with E-state index >= 15 is 0 Å². The molecule has 0 saturated heterocycles. The molecule has 0 fully saturated rings. The summed E-state index contributed by atoms with van der Waals surface area (Å²) >= 11 is 5.64. The highest BCUT2D eigenvalue weighted by atomic mass is 35.5. The largest absolute Gasteiger partial charge is 0.314 e. The highest BCUT2D eigenvalue weighted by Gasteiger charge is 2.24. The van der Waals surface area contributed by atoms with E-state index < -0.39 is 15.8 Å². The molecule has 1 heterocycles. The number of aryl methyl sites for hydroxylation is 1. The molecule has 3 N–H and O–H groups in total. The molecule has 2 aromatic rings. The molecule has 0 amide bonds. The van der Waals surface area contributed by atoms with E-state index in [-0.39, 0.29) is 15.6 Å². The smallest absolute Gasteiger partial charge is 0.265 e. The molecule has 2 rings (SSSR count). The first kappa shape index (κ1) is 15.7. The number of rotatable bonds is 5. The van der Waals surface area contributed by atoms with Gasteiger partial charge in [0.25, 0.3) is 10.0 Å². The van der Waals surface area contributed by atoms with Crippen molar-refractivity contribution in [3.8, 4) is 0 Å². The molecule has 0 aliphatic rings. The van der Waals surface area contributed by atoms with Gasteiger partial charge in [0, 0.05) is 6.54 Å². The lowest BCUT2D eigenvalue weighted by molar-refractivity contribution is 0.598. The van der Waals surface area contributed by atoms with Crippen LogP contribution in [0, 0.1) is 12.7 Å². The van der Waals surface area contributed by atoms with Crippen molar-refractivity contribution in [1.82, 2.24) is 15.5 Å². The molecule has 9 heteroatoms. The van der Waals surface area contributed by atoms with Crippen molar-refractivity contribution in [3.63, 3.8) is 0 Å². The number of hydrogen-bond acceptors (Lipinski definition) is 4. The minimum absolute atomic E-state index is 0.0669. The number of nitrogens with zero attached hydrogens (tertiary/aromatic N) is 1. The normalized spacial score (nSPS) is 11.6. The summed E-state index contributed by atoms with van der Waals surface area (Å²) in [6.07, 6.45) is 0. The third-order valence-corrected chi connectivity index (χ3v) is 4.62. The molecule has 1 aromatic heterocycles. The first-order valence-electron chi connectivity index (χ1n) is 6.01. The van der Waals surface area contributed by atoms with Crippen LogP contribution in [0.25, 0.3) is 0 Å². The third-order valence-electron chi connectivity index (χ3n) is 2.75. The van der Waals surface area contributed by atoms with Crippen molar-refractivity contribution in [2.45, 2.75) is 18.4 Å². The number of halogens is 2. The Morgan fingerprint density at radius 2 is 2.14 bits per heavy atom. The third kappa shape index (κ3) is 3.34. The Labute approximate surface area is 126 Å². The zero-order valence-corrected chi connectivity index (χ0v) is 12.9. The van der Waals surface area contributed by atoms with E-state index in [4.69, 9.17) is 11.6 Å². The van der Waals surface area contributed by atoms with Gasteiger partial charge >= 0.3 is 0 Å². The minimum atomic E-state index is -3.85. The van der Waals surface area contributed by atoms with E-state index in [9.17, 15) is 12.8 Å². The van der Waals surface area contributed by atoms with Gasteiger partial charge in [0.05, 0.1) is 22.1 Å². The summed E-state index contributed by atoms with van der Waals surface area (Å²) in [4.78, 5) is 0.0669. The summed E-state index contributed by atoms with van der Waals surface area (Å²) in [7, 11) is -2.16. The van der Waals surface area contributed by atoms with Crippen LogP contribution in [-0.2, 0) is 16.6 Å². The lowest BCUT2D eigenvalue weighted by Gasteiger charge is -2.09. The lowest BCUT2D eigenvalue weighted by Crippen LogP contribution is -2.17. The van der Waals surface area contributed by atoms with Crippen LogP contribution in [0.1, 0.15) is 11.4 Å². The van der Waals surface area contributed by atoms with Crippen LogP contribution in [-0.4, -0.2) is 25.7 Å². The molecule has 0 bridgehead atoms. The average Bonchev–Trinajstić information content (AvgIpc) is 2.76. The van der Waals surface area contributed by atoms with Gasteiger partial charge in [0.2, 0.25) is 0 Å². The quantitative estimate of drug-likeness (QED) is 0.782. The predicted molar refractivity (Wildman–Crippen MR) is 78.3 cm³/mol. The summed E-state index contributed by atoms with van der Waals surface area (Å²) in [6.45, 7) is 1.91. The Morgan fingerprint density at radius 3 is 2.76 bits per heavy atom. The van der Waals surface area contributed by atoms with Crippen molar-refractivity contribution < 1.29 is 12.8 Å². The van der Waals surface area contributed by atoms with Crippen molar-refractivity contribution in [2.75, 3.05) is 11.8 Å². The number of aromatic nitrogens is 2. The molecule has 21 heavy (non-hydrogen) atoms. The van der Waals surface area contributed by atoms with Gasteiger partial charge in [0.1, 0.15) is 10.7 Å². The van der Waals surface area contributed by atoms with Crippen LogP contribution in [0.3, 0.4) is 0 Å². The molecule has 0 radical (unpaired) electrons. The van der Waals surface area contributed by atoms with Crippen molar-refractivity contribution in [1.29, 1.82) is 0 Å². The van der Waals surface area contributed by atoms with Crippen molar-refractivity contribution in [2.24, 2.45) is 0 Å². The van der Waals surface area contributed by atoms with E-state index in [1.165, 1.54) is 12.1 Å². The lowest BCUT2D eigenvalue weighted by atomic mass is 10.3. The average molecular weight is 333 g/mol. The van der Waals surface area contributed by atoms with E-state index in [0.29, 0.717) is 17.9 Å². The second-order valence-corrected chi connectivity index (χ2v) is 6.42. The summed E-state index contributed by atoms with van der Waals surface area (Å²) in [5.41, 5.74) is 0.967. The topological polar surface area (TPSA) is 86.9 Å². The Kier molecular flexibility index (Phi) is 4.50. The predicted octanol–water partition coefficient (Wildman–Crippen LogP) is 2.03. The summed E-state index contributed by atoms with van der Waals surface area (Å²) in [5.74, 6) is -0.616. The molecule has 0 atom stereocenters. The second kappa shape index (κ2) is 6.00. The SMILES string of the molecule is CNCc1n[nH]c(C)c1S(=O)(=O)Nc1ccc(F)c(Cl)c1. The second-order valence-electron chi connectivity index (χ2n) is 4.39. The maximum Gasteiger partial charge on any atom is 0.265 e. The fraction of sp³-hybridized carbons (Fsp3) is 0.250. The van der Waals surface area contributed by atoms with Gasteiger partial charge in [-0.3, -0.25) is 9.82 Å². The fourth-order valence-corrected chi connectivity index (χ4v) is 3.48. The van der Waals surface area contributed by atoms with Crippen LogP contribution in [0.5, 0.6) is 0 Å². The van der Waals surface area contributed by atoms with E-state index in [2.05, 4.69) is 20.2 Å². The van der Waals surface area contributed by atoms with Crippen molar-refractivity contribution >= 4 is 27.3 Å². The number of hydrogen-bond donors (Lipinski definition) is 3. The fourth-order valence-electron chi connectivity index (χ4n) is 1.88. The van der Waals surface area contributed by atoms with E-state index in [0.717, 1.165) is 6.07 Å². The molecule has 1 aromatic carbocycles. The zero-order valence-electron chi connectivity index (χ0n) is 11.4. The van der Waals surface area contributed by atoms with Crippen molar-refractivity contribution in [3.05, 3.63) is 40.4 Å². The Hall–Kier alpha value is -1.64. The molecule has 0 unspecified atom stereocenters. The zero-order chi connectivity index (χ0) is 15.6. The van der Waals surface area contributed by atoms with Crippen LogP contribution < -0.4 is 10.0 Å². The number of benzene rings is 1. The first-order chi connectivity index (χ1) is 9.85. The van der Waals surface area contributed by atoms with Gasteiger partial charge in [-0.15, -0.1) is 0 Å². The van der Waals surface area contributed by atoms with Gasteiger partial charge < -0.3 is 5.32 Å². The molecular weight excluding hydrogens is 319 g/mol. The molecule has 6 nitrogen and oxygen atoms in total. The molecule has 0 saturated carbocycles. The van der Waals surface area contributed by atoms with E-state index in [1.54, 1.807) is 14.0 Å². The van der Waals surface area contributed by atoms with E-state index in [1.807, 2.05) is 0 Å². The van der Waals surface area contributed by atoms with Crippen LogP contribution in [0.15, 0.2) is 23.1 Å². The maximum atomic E-state index is 13.1. The minimum Gasteiger partial charge on any atom is -0.314 e. The van der Waals surface area contributed by atoms with Crippen LogP contribution >= 0.6 is 11.6 Å². The number of nitrogens with one attached hydrogen (secondary N) is 3. The summed E-state index contributed by atoms with van der Waals surface area (Å²) in [5, 5.41) is 9.28. The Morgan fingerprint density at radius 1 is 1.43 bits per heavy atom. The molecular formula is C12H14ClFN4O2S. The monoisotopic (exact) mass is 332 g/mol. The van der Waals surface area contributed by atoms with Gasteiger partial charge in [-0.05, 0) is 32.2 Å². The highest BCUT2D eigenvalue weighted by molar-refractivity contribution is 7.92. The Balaban J connectivity index is 2.38. The van der Waals surface area contributed by atoms with Gasteiger partial charge in [-0.1, -0.05) is 11.6 Å². The van der Waals surface area contributed by atoms with Gasteiger partial charge in [-0.2, -0.15) is 5.10 Å².